The summed E-state index contributed by atoms with van der Waals surface area (Å²) in [5.74, 6) is 0. The van der Waals surface area contributed by atoms with E-state index in [2.05, 4.69) is 41.5 Å². The van der Waals surface area contributed by atoms with Crippen LogP contribution in [-0.4, -0.2) is 0 Å². The Hall–Kier alpha value is 0. The minimum atomic E-state index is 1.37. The highest BCUT2D eigenvalue weighted by Gasteiger charge is 1.95. The highest BCUT2D eigenvalue weighted by atomic mass is 14.0. The molecule has 0 atom stereocenters. The fraction of sp³-hybridized carbons (Fsp3) is 1.00. The second kappa shape index (κ2) is 56.4. The number of rotatable bonds is 39. The van der Waals surface area contributed by atoms with E-state index >= 15 is 0 Å². The SMILES string of the molecule is CCCCCCCCCCCCCCCC.CCCCCCCCCCCCCCCC.CCCCCCCCCCCCCCCC. The van der Waals surface area contributed by atoms with Crippen LogP contribution in [0.4, 0.5) is 0 Å². The smallest absolute Gasteiger partial charge is 0.0533 e. The summed E-state index contributed by atoms with van der Waals surface area (Å²) in [6, 6.07) is 0. The van der Waals surface area contributed by atoms with Crippen LogP contribution in [0.5, 0.6) is 0 Å². The number of unbranched alkanes of at least 4 members (excludes halogenated alkanes) is 39. The molecule has 0 heterocycles. The van der Waals surface area contributed by atoms with Crippen molar-refractivity contribution in [1.82, 2.24) is 0 Å². The van der Waals surface area contributed by atoms with Gasteiger partial charge in [-0.25, -0.2) is 0 Å². The van der Waals surface area contributed by atoms with Crippen molar-refractivity contribution in [3.05, 3.63) is 0 Å². The zero-order valence-electron chi connectivity index (χ0n) is 35.7. The summed E-state index contributed by atoms with van der Waals surface area (Å²) < 4.78 is 0. The summed E-state index contributed by atoms with van der Waals surface area (Å²) in [4.78, 5) is 0. The maximum Gasteiger partial charge on any atom is -0.0533 e. The molecule has 294 valence electrons. The minimum absolute atomic E-state index is 1.37. The van der Waals surface area contributed by atoms with Gasteiger partial charge in [0.1, 0.15) is 0 Å². The molecule has 0 aromatic heterocycles. The van der Waals surface area contributed by atoms with Crippen LogP contribution in [0.1, 0.15) is 311 Å². The molecule has 0 heteroatoms. The molecule has 0 nitrogen and oxygen atoms in total. The van der Waals surface area contributed by atoms with E-state index in [4.69, 9.17) is 0 Å². The zero-order chi connectivity index (χ0) is 35.7. The second-order valence-corrected chi connectivity index (χ2v) is 15.7. The number of hydrogen-bond donors (Lipinski definition) is 0. The third-order valence-electron chi connectivity index (χ3n) is 10.4. The van der Waals surface area contributed by atoms with Gasteiger partial charge in [-0.1, -0.05) is 311 Å². The standard InChI is InChI=1S/3C16H34/c3*1-3-5-7-9-11-13-15-16-14-12-10-8-6-4-2/h3*3-16H2,1-2H3. The lowest BCUT2D eigenvalue weighted by molar-refractivity contribution is 0.538. The first-order chi connectivity index (χ1) is 23.7. The van der Waals surface area contributed by atoms with Crippen molar-refractivity contribution in [2.45, 2.75) is 311 Å². The Morgan fingerprint density at radius 1 is 0.104 bits per heavy atom. The van der Waals surface area contributed by atoms with E-state index in [9.17, 15) is 0 Å². The zero-order valence-corrected chi connectivity index (χ0v) is 35.7. The van der Waals surface area contributed by atoms with Crippen LogP contribution >= 0.6 is 0 Å². The molecular formula is C48H102. The van der Waals surface area contributed by atoms with Crippen molar-refractivity contribution < 1.29 is 0 Å². The number of hydrogen-bond acceptors (Lipinski definition) is 0. The molecule has 0 spiro atoms. The lowest BCUT2D eigenvalue weighted by atomic mass is 10.0. The molecule has 0 aliphatic carbocycles. The van der Waals surface area contributed by atoms with Crippen LogP contribution in [0.15, 0.2) is 0 Å². The summed E-state index contributed by atoms with van der Waals surface area (Å²) >= 11 is 0. The molecule has 0 aliphatic rings. The van der Waals surface area contributed by atoms with Crippen LogP contribution in [0, 0.1) is 0 Å². The Bertz CT molecular complexity index is 344. The van der Waals surface area contributed by atoms with Crippen LogP contribution in [0.25, 0.3) is 0 Å². The molecule has 0 aliphatic heterocycles. The van der Waals surface area contributed by atoms with Gasteiger partial charge in [0.25, 0.3) is 0 Å². The van der Waals surface area contributed by atoms with Crippen LogP contribution in [-0.2, 0) is 0 Å². The highest BCUT2D eigenvalue weighted by Crippen LogP contribution is 2.15. The van der Waals surface area contributed by atoms with Crippen LogP contribution in [0.3, 0.4) is 0 Å². The first-order valence-corrected chi connectivity index (χ1v) is 23.7. The van der Waals surface area contributed by atoms with Crippen molar-refractivity contribution >= 4 is 0 Å². The molecule has 0 unspecified atom stereocenters. The van der Waals surface area contributed by atoms with Crippen LogP contribution in [0.2, 0.25) is 0 Å². The molecule has 0 saturated carbocycles. The molecule has 0 N–H and O–H groups in total. The van der Waals surface area contributed by atoms with Crippen molar-refractivity contribution in [3.8, 4) is 0 Å². The highest BCUT2D eigenvalue weighted by molar-refractivity contribution is 4.51. The second-order valence-electron chi connectivity index (χ2n) is 15.7. The molecule has 0 fully saturated rings. The molecule has 0 rings (SSSR count). The maximum absolute atomic E-state index is 2.29. The Kier molecular flexibility index (Phi) is 61.5. The van der Waals surface area contributed by atoms with Gasteiger partial charge in [0.2, 0.25) is 0 Å². The van der Waals surface area contributed by atoms with Gasteiger partial charge < -0.3 is 0 Å². The lowest BCUT2D eigenvalue weighted by Crippen LogP contribution is -1.82. The Labute approximate surface area is 310 Å². The quantitative estimate of drug-likeness (QED) is 0.0568. The van der Waals surface area contributed by atoms with Crippen molar-refractivity contribution in [1.29, 1.82) is 0 Å². The maximum atomic E-state index is 2.29. The molecule has 0 aromatic carbocycles. The fourth-order valence-corrected chi connectivity index (χ4v) is 6.80. The summed E-state index contributed by atoms with van der Waals surface area (Å²) in [6.45, 7) is 13.7. The van der Waals surface area contributed by atoms with Gasteiger partial charge in [-0.15, -0.1) is 0 Å². The molecule has 0 aromatic rings. The van der Waals surface area contributed by atoms with E-state index in [-0.39, 0.29) is 0 Å². The van der Waals surface area contributed by atoms with Gasteiger partial charge in [-0.3, -0.25) is 0 Å². The Morgan fingerprint density at radius 2 is 0.167 bits per heavy atom. The van der Waals surface area contributed by atoms with Crippen molar-refractivity contribution in [3.63, 3.8) is 0 Å². The lowest BCUT2D eigenvalue weighted by Gasteiger charge is -2.02. The summed E-state index contributed by atoms with van der Waals surface area (Å²) in [7, 11) is 0. The van der Waals surface area contributed by atoms with Gasteiger partial charge in [0.05, 0.1) is 0 Å². The predicted octanol–water partition coefficient (Wildman–Crippen LogP) is 19.5. The van der Waals surface area contributed by atoms with E-state index in [1.165, 1.54) is 270 Å². The van der Waals surface area contributed by atoms with Crippen molar-refractivity contribution in [2.24, 2.45) is 0 Å². The van der Waals surface area contributed by atoms with E-state index in [1.54, 1.807) is 0 Å². The summed E-state index contributed by atoms with van der Waals surface area (Å²) in [5.41, 5.74) is 0. The molecule has 0 radical (unpaired) electrons. The van der Waals surface area contributed by atoms with E-state index in [0.29, 0.717) is 0 Å². The van der Waals surface area contributed by atoms with E-state index in [1.807, 2.05) is 0 Å². The summed E-state index contributed by atoms with van der Waals surface area (Å²) in [5, 5.41) is 0. The largest absolute Gasteiger partial charge is 0.0654 e. The monoisotopic (exact) mass is 679 g/mol. The third-order valence-corrected chi connectivity index (χ3v) is 10.4. The first-order valence-electron chi connectivity index (χ1n) is 23.7. The molecule has 48 heavy (non-hydrogen) atoms. The van der Waals surface area contributed by atoms with Gasteiger partial charge in [-0.05, 0) is 0 Å². The fourth-order valence-electron chi connectivity index (χ4n) is 6.80. The third kappa shape index (κ3) is 61.2. The molecule has 0 amide bonds. The van der Waals surface area contributed by atoms with Gasteiger partial charge in [-0.2, -0.15) is 0 Å². The summed E-state index contributed by atoms with van der Waals surface area (Å²) in [6.07, 6.45) is 61.3. The van der Waals surface area contributed by atoms with E-state index in [0.717, 1.165) is 0 Å². The average molecular weight is 679 g/mol. The van der Waals surface area contributed by atoms with E-state index < -0.39 is 0 Å². The van der Waals surface area contributed by atoms with Crippen molar-refractivity contribution in [2.75, 3.05) is 0 Å². The molecule has 0 bridgehead atoms. The Morgan fingerprint density at radius 3 is 0.229 bits per heavy atom. The van der Waals surface area contributed by atoms with Gasteiger partial charge in [0, 0.05) is 0 Å². The predicted molar refractivity (Wildman–Crippen MR) is 228 cm³/mol. The molecular weight excluding hydrogens is 577 g/mol. The molecule has 0 saturated heterocycles. The minimum Gasteiger partial charge on any atom is -0.0654 e. The Balaban J connectivity index is -0.000000633. The van der Waals surface area contributed by atoms with Gasteiger partial charge in [0.15, 0.2) is 0 Å². The van der Waals surface area contributed by atoms with Gasteiger partial charge >= 0.3 is 0 Å². The van der Waals surface area contributed by atoms with Crippen LogP contribution < -0.4 is 0 Å². The topological polar surface area (TPSA) is 0 Å². The first kappa shape index (κ1) is 52.4. The normalized spacial score (nSPS) is 10.9. The average Bonchev–Trinajstić information content (AvgIpc) is 3.10.